The molecule has 1 aliphatic heterocycles. The summed E-state index contributed by atoms with van der Waals surface area (Å²) < 4.78 is 0. The molecule has 28 heavy (non-hydrogen) atoms. The first kappa shape index (κ1) is 25.1. The highest BCUT2D eigenvalue weighted by atomic mass is 16.2. The van der Waals surface area contributed by atoms with Gasteiger partial charge in [0.2, 0.25) is 5.91 Å². The average Bonchev–Trinajstić information content (AvgIpc) is 2.69. The van der Waals surface area contributed by atoms with Gasteiger partial charge in [0.25, 0.3) is 0 Å². The molecule has 1 saturated heterocycles. The monoisotopic (exact) mass is 395 g/mol. The first-order valence-corrected chi connectivity index (χ1v) is 11.9. The minimum absolute atomic E-state index is 0.313. The number of hydrogen-bond donors (Lipinski definition) is 2. The number of nitrogens with one attached hydrogen (secondary N) is 1. The van der Waals surface area contributed by atoms with Crippen molar-refractivity contribution in [1.82, 2.24) is 10.2 Å². The molecular weight excluding hydrogens is 350 g/mol. The summed E-state index contributed by atoms with van der Waals surface area (Å²) in [5.74, 6) is 0.762. The fourth-order valence-corrected chi connectivity index (χ4v) is 3.84. The van der Waals surface area contributed by atoms with E-state index >= 15 is 0 Å². The number of rotatable bonds is 4. The number of unbranched alkanes of at least 4 members (excludes halogenated alkanes) is 1. The van der Waals surface area contributed by atoms with Crippen LogP contribution in [0.25, 0.3) is 0 Å². The minimum Gasteiger partial charge on any atom is -0.343 e. The number of carbonyl (C=O) groups excluding carboxylic acids is 2. The maximum atomic E-state index is 12.6. The second-order valence-electron chi connectivity index (χ2n) is 8.30. The number of nitrogens with zero attached hydrogens (tertiary/aromatic N) is 1. The van der Waals surface area contributed by atoms with Crippen LogP contribution >= 0.6 is 0 Å². The van der Waals surface area contributed by atoms with Crippen LogP contribution in [-0.2, 0) is 9.59 Å². The van der Waals surface area contributed by atoms with E-state index in [-0.39, 0.29) is 0 Å². The summed E-state index contributed by atoms with van der Waals surface area (Å²) in [6.07, 6.45) is 16.5. The molecule has 0 aliphatic carbocycles. The lowest BCUT2D eigenvalue weighted by atomic mass is 10.0. The molecule has 0 aromatic heterocycles. The Bertz CT molecular complexity index is 401. The van der Waals surface area contributed by atoms with E-state index in [1.165, 1.54) is 25.7 Å². The molecule has 0 radical (unpaired) electrons. The molecule has 1 heterocycles. The third kappa shape index (κ3) is 14.1. The van der Waals surface area contributed by atoms with Gasteiger partial charge in [0.15, 0.2) is 0 Å². The minimum atomic E-state index is 0.313. The van der Waals surface area contributed by atoms with Crippen molar-refractivity contribution in [3.8, 4) is 0 Å². The van der Waals surface area contributed by atoms with Crippen LogP contribution < -0.4 is 11.1 Å². The Hall–Kier alpha value is -0.940. The van der Waals surface area contributed by atoms with E-state index in [1.807, 2.05) is 0 Å². The summed E-state index contributed by atoms with van der Waals surface area (Å²) in [5.41, 5.74) is 5.61. The molecule has 3 N–H and O–H groups in total. The van der Waals surface area contributed by atoms with E-state index in [9.17, 15) is 9.59 Å². The Morgan fingerprint density at radius 2 is 1.29 bits per heavy atom. The third-order valence-corrected chi connectivity index (χ3v) is 5.67. The molecule has 1 rings (SSSR count). The fraction of sp³-hybridized carbons (Fsp3) is 0.913. The number of Topliss-reactive ketones (excluding diaryl/α,β-unsaturated/α-hetero) is 1. The SMILES string of the molecule is NCCCCN1CCCNCCCCCCC(=O)CCCCCCCCC1=O. The molecule has 0 aromatic rings. The highest BCUT2D eigenvalue weighted by molar-refractivity contribution is 5.78. The summed E-state index contributed by atoms with van der Waals surface area (Å²) >= 11 is 0. The van der Waals surface area contributed by atoms with Gasteiger partial charge in [-0.3, -0.25) is 9.59 Å². The molecule has 0 saturated carbocycles. The molecular formula is C23H45N3O2. The maximum absolute atomic E-state index is 12.6. The number of ketones is 1. The van der Waals surface area contributed by atoms with Crippen LogP contribution in [0.3, 0.4) is 0 Å². The van der Waals surface area contributed by atoms with Gasteiger partial charge < -0.3 is 16.0 Å². The van der Waals surface area contributed by atoms with Crippen molar-refractivity contribution in [3.63, 3.8) is 0 Å². The average molecular weight is 396 g/mol. The van der Waals surface area contributed by atoms with Gasteiger partial charge in [-0.15, -0.1) is 0 Å². The molecule has 0 bridgehead atoms. The Labute approximate surface area is 173 Å². The molecule has 1 fully saturated rings. The highest BCUT2D eigenvalue weighted by Crippen LogP contribution is 2.12. The summed E-state index contributed by atoms with van der Waals surface area (Å²) in [6, 6.07) is 0. The largest absolute Gasteiger partial charge is 0.343 e. The normalized spacial score (nSPS) is 21.2. The van der Waals surface area contributed by atoms with Crippen LogP contribution in [0.5, 0.6) is 0 Å². The quantitative estimate of drug-likeness (QED) is 0.700. The van der Waals surface area contributed by atoms with E-state index in [2.05, 4.69) is 10.2 Å². The summed E-state index contributed by atoms with van der Waals surface area (Å²) in [4.78, 5) is 26.6. The van der Waals surface area contributed by atoms with Crippen molar-refractivity contribution in [2.75, 3.05) is 32.7 Å². The summed E-state index contributed by atoms with van der Waals surface area (Å²) in [5, 5.41) is 3.50. The van der Waals surface area contributed by atoms with Crippen molar-refractivity contribution in [1.29, 1.82) is 0 Å². The predicted octanol–water partition coefficient (Wildman–Crippen LogP) is 4.19. The van der Waals surface area contributed by atoms with Gasteiger partial charge in [-0.1, -0.05) is 38.5 Å². The lowest BCUT2D eigenvalue weighted by Gasteiger charge is -2.23. The summed E-state index contributed by atoms with van der Waals surface area (Å²) in [6.45, 7) is 4.42. The number of nitrogens with two attached hydrogens (primary N) is 1. The molecule has 0 spiro atoms. The van der Waals surface area contributed by atoms with Crippen LogP contribution in [0.1, 0.15) is 103 Å². The number of amides is 1. The van der Waals surface area contributed by atoms with E-state index in [1.54, 1.807) is 0 Å². The van der Waals surface area contributed by atoms with Crippen molar-refractivity contribution >= 4 is 11.7 Å². The highest BCUT2D eigenvalue weighted by Gasteiger charge is 2.12. The molecule has 0 unspecified atom stereocenters. The zero-order valence-corrected chi connectivity index (χ0v) is 18.2. The van der Waals surface area contributed by atoms with Crippen LogP contribution in [0.4, 0.5) is 0 Å². The Balaban J connectivity index is 2.38. The smallest absolute Gasteiger partial charge is 0.222 e. The zero-order chi connectivity index (χ0) is 20.3. The molecule has 1 amide bonds. The molecule has 0 aromatic carbocycles. The van der Waals surface area contributed by atoms with Gasteiger partial charge in [-0.25, -0.2) is 0 Å². The van der Waals surface area contributed by atoms with Crippen LogP contribution in [0, 0.1) is 0 Å². The Morgan fingerprint density at radius 1 is 0.714 bits per heavy atom. The van der Waals surface area contributed by atoms with Gasteiger partial charge in [0.05, 0.1) is 0 Å². The van der Waals surface area contributed by atoms with E-state index in [0.717, 1.165) is 96.8 Å². The number of carbonyl (C=O) groups is 2. The number of hydrogen-bond acceptors (Lipinski definition) is 4. The Morgan fingerprint density at radius 3 is 1.96 bits per heavy atom. The van der Waals surface area contributed by atoms with Gasteiger partial charge >= 0.3 is 0 Å². The third-order valence-electron chi connectivity index (χ3n) is 5.67. The standard InChI is InChI=1S/C23H45N3O2/c24-17-10-12-20-26-21-13-19-25-18-11-6-5-8-15-22(27)14-7-3-1-2-4-9-16-23(26)28/h25H,1-21,24H2. The van der Waals surface area contributed by atoms with Gasteiger partial charge in [0.1, 0.15) is 5.78 Å². The van der Waals surface area contributed by atoms with Crippen LogP contribution in [0.2, 0.25) is 0 Å². The summed E-state index contributed by atoms with van der Waals surface area (Å²) in [7, 11) is 0. The first-order valence-electron chi connectivity index (χ1n) is 11.9. The van der Waals surface area contributed by atoms with E-state index < -0.39 is 0 Å². The van der Waals surface area contributed by atoms with Gasteiger partial charge in [0, 0.05) is 32.4 Å². The van der Waals surface area contributed by atoms with E-state index in [0.29, 0.717) is 24.7 Å². The lowest BCUT2D eigenvalue weighted by Crippen LogP contribution is -2.34. The van der Waals surface area contributed by atoms with Crippen molar-refractivity contribution < 1.29 is 9.59 Å². The van der Waals surface area contributed by atoms with Gasteiger partial charge in [-0.05, 0) is 64.6 Å². The second-order valence-corrected chi connectivity index (χ2v) is 8.30. The van der Waals surface area contributed by atoms with Crippen molar-refractivity contribution in [2.45, 2.75) is 103 Å². The molecule has 0 atom stereocenters. The lowest BCUT2D eigenvalue weighted by molar-refractivity contribution is -0.131. The fourth-order valence-electron chi connectivity index (χ4n) is 3.84. The topological polar surface area (TPSA) is 75.4 Å². The van der Waals surface area contributed by atoms with Crippen molar-refractivity contribution in [2.24, 2.45) is 5.73 Å². The molecule has 5 nitrogen and oxygen atoms in total. The van der Waals surface area contributed by atoms with Crippen LogP contribution in [0.15, 0.2) is 0 Å². The first-order chi connectivity index (χ1) is 13.7. The zero-order valence-electron chi connectivity index (χ0n) is 18.2. The molecule has 5 heteroatoms. The molecule has 164 valence electrons. The maximum Gasteiger partial charge on any atom is 0.222 e. The van der Waals surface area contributed by atoms with Crippen molar-refractivity contribution in [3.05, 3.63) is 0 Å². The molecule has 1 aliphatic rings. The Kier molecular flexibility index (Phi) is 16.2. The van der Waals surface area contributed by atoms with Crippen LogP contribution in [-0.4, -0.2) is 49.3 Å². The van der Waals surface area contributed by atoms with E-state index in [4.69, 9.17) is 5.73 Å². The van der Waals surface area contributed by atoms with Gasteiger partial charge in [-0.2, -0.15) is 0 Å². The predicted molar refractivity (Wildman–Crippen MR) is 117 cm³/mol. The second kappa shape index (κ2) is 18.1.